The highest BCUT2D eigenvalue weighted by molar-refractivity contribution is 7.84. The summed E-state index contributed by atoms with van der Waals surface area (Å²) < 4.78 is 12.0. The summed E-state index contributed by atoms with van der Waals surface area (Å²) in [5.41, 5.74) is 2.97. The second-order valence-electron chi connectivity index (χ2n) is 6.78. The van der Waals surface area contributed by atoms with Crippen LogP contribution in [0.5, 0.6) is 0 Å². The third kappa shape index (κ3) is 2.60. The second kappa shape index (κ2) is 4.45. The summed E-state index contributed by atoms with van der Waals surface area (Å²) in [7, 11) is -1.14. The molecule has 1 aromatic rings. The Morgan fingerprint density at radius 3 is 2.26 bits per heavy atom. The summed E-state index contributed by atoms with van der Waals surface area (Å²) in [6.07, 6.45) is 4.01. The quantitative estimate of drug-likeness (QED) is 0.826. The predicted octanol–water partition coefficient (Wildman–Crippen LogP) is 3.64. The van der Waals surface area contributed by atoms with Crippen molar-refractivity contribution in [3.8, 4) is 6.07 Å². The Morgan fingerprint density at radius 1 is 1.32 bits per heavy atom. The van der Waals surface area contributed by atoms with E-state index in [1.165, 1.54) is 18.4 Å². The second-order valence-corrected chi connectivity index (χ2v) is 8.09. The van der Waals surface area contributed by atoms with E-state index in [2.05, 4.69) is 39.8 Å². The molecule has 0 spiro atoms. The molecule has 0 aliphatic heterocycles. The molecular weight excluding hydrogens is 254 g/mol. The van der Waals surface area contributed by atoms with Gasteiger partial charge >= 0.3 is 0 Å². The molecule has 1 fully saturated rings. The van der Waals surface area contributed by atoms with E-state index in [0.717, 1.165) is 5.56 Å². The van der Waals surface area contributed by atoms with Crippen molar-refractivity contribution in [2.45, 2.75) is 56.3 Å². The minimum absolute atomic E-state index is 0.103. The molecule has 0 aromatic heterocycles. The van der Waals surface area contributed by atoms with Crippen LogP contribution in [0.4, 0.5) is 0 Å². The van der Waals surface area contributed by atoms with Crippen LogP contribution in [0.3, 0.4) is 0 Å². The summed E-state index contributed by atoms with van der Waals surface area (Å²) in [5.74, 6) is 0. The lowest BCUT2D eigenvalue weighted by Crippen LogP contribution is -2.18. The zero-order valence-electron chi connectivity index (χ0n) is 12.3. The highest BCUT2D eigenvalue weighted by atomic mass is 32.2. The van der Waals surface area contributed by atoms with Crippen molar-refractivity contribution in [3.63, 3.8) is 0 Å². The van der Waals surface area contributed by atoms with Gasteiger partial charge in [0.25, 0.3) is 0 Å². The number of hydrogen-bond donors (Lipinski definition) is 0. The minimum Gasteiger partial charge on any atom is -0.255 e. The Morgan fingerprint density at radius 2 is 1.89 bits per heavy atom. The van der Waals surface area contributed by atoms with Crippen molar-refractivity contribution in [1.29, 1.82) is 5.26 Å². The summed E-state index contributed by atoms with van der Waals surface area (Å²) in [6.45, 7) is 8.56. The molecule has 0 N–H and O–H groups in total. The van der Waals surface area contributed by atoms with E-state index in [4.69, 9.17) is 0 Å². The third-order valence-corrected chi connectivity index (χ3v) is 5.02. The highest BCUT2D eigenvalue weighted by Crippen LogP contribution is 2.49. The van der Waals surface area contributed by atoms with Crippen LogP contribution in [0.2, 0.25) is 0 Å². The molecule has 0 saturated heterocycles. The molecule has 1 aliphatic rings. The molecule has 19 heavy (non-hydrogen) atoms. The van der Waals surface area contributed by atoms with E-state index in [1.807, 2.05) is 6.07 Å². The highest BCUT2D eigenvalue weighted by Gasteiger charge is 2.40. The molecule has 0 bridgehead atoms. The third-order valence-electron chi connectivity index (χ3n) is 4.00. The van der Waals surface area contributed by atoms with Crippen LogP contribution in [-0.4, -0.2) is 10.5 Å². The van der Waals surface area contributed by atoms with E-state index < -0.39 is 10.8 Å². The maximum atomic E-state index is 12.0. The zero-order valence-corrected chi connectivity index (χ0v) is 13.1. The van der Waals surface area contributed by atoms with Crippen molar-refractivity contribution in [2.24, 2.45) is 0 Å². The largest absolute Gasteiger partial charge is 0.255 e. The number of nitrogens with zero attached hydrogens (tertiary/aromatic N) is 1. The van der Waals surface area contributed by atoms with Crippen molar-refractivity contribution in [1.82, 2.24) is 0 Å². The van der Waals surface area contributed by atoms with Gasteiger partial charge in [-0.15, -0.1) is 0 Å². The van der Waals surface area contributed by atoms with Crippen LogP contribution in [0.25, 0.3) is 0 Å². The maximum absolute atomic E-state index is 12.0. The first-order chi connectivity index (χ1) is 8.69. The van der Waals surface area contributed by atoms with Crippen LogP contribution >= 0.6 is 0 Å². The molecule has 0 amide bonds. The van der Waals surface area contributed by atoms with Crippen molar-refractivity contribution in [2.75, 3.05) is 6.26 Å². The maximum Gasteiger partial charge on any atom is 0.100 e. The normalized spacial score (nSPS) is 18.7. The fourth-order valence-electron chi connectivity index (χ4n) is 2.40. The van der Waals surface area contributed by atoms with Crippen LogP contribution in [0, 0.1) is 11.3 Å². The minimum atomic E-state index is -1.14. The summed E-state index contributed by atoms with van der Waals surface area (Å²) in [5, 5.41) is 9.38. The van der Waals surface area contributed by atoms with Gasteiger partial charge in [0, 0.05) is 6.26 Å². The molecule has 1 aliphatic carbocycles. The standard InChI is InChI=1S/C16H21NOS/c1-15(2,3)13-9-12(16(4)6-7-16)8-11(10-17)14(13)19(5)18/h8-9H,6-7H2,1-5H3. The first-order valence-electron chi connectivity index (χ1n) is 6.61. The van der Waals surface area contributed by atoms with Gasteiger partial charge in [-0.3, -0.25) is 4.21 Å². The Labute approximate surface area is 118 Å². The Hall–Kier alpha value is -1.14. The molecule has 3 heteroatoms. The lowest BCUT2D eigenvalue weighted by Gasteiger charge is -2.25. The van der Waals surface area contributed by atoms with E-state index in [0.29, 0.717) is 10.5 Å². The molecule has 1 aromatic carbocycles. The Balaban J connectivity index is 2.74. The Bertz CT molecular complexity index is 586. The number of benzene rings is 1. The van der Waals surface area contributed by atoms with Crippen LogP contribution in [-0.2, 0) is 21.6 Å². The summed E-state index contributed by atoms with van der Waals surface area (Å²) in [6, 6.07) is 6.35. The smallest absolute Gasteiger partial charge is 0.100 e. The van der Waals surface area contributed by atoms with Crippen LogP contribution < -0.4 is 0 Å². The SMILES string of the molecule is CS(=O)c1c(C#N)cc(C2(C)CC2)cc1C(C)(C)C. The molecule has 2 nitrogen and oxygen atoms in total. The monoisotopic (exact) mass is 275 g/mol. The average molecular weight is 275 g/mol. The van der Waals surface area contributed by atoms with E-state index in [1.54, 1.807) is 6.26 Å². The van der Waals surface area contributed by atoms with E-state index >= 15 is 0 Å². The first kappa shape index (κ1) is 14.3. The molecular formula is C16H21NOS. The van der Waals surface area contributed by atoms with Gasteiger partial charge in [-0.2, -0.15) is 5.26 Å². The van der Waals surface area contributed by atoms with Crippen molar-refractivity contribution < 1.29 is 4.21 Å². The number of hydrogen-bond acceptors (Lipinski definition) is 2. The lowest BCUT2D eigenvalue weighted by molar-refractivity contribution is 0.572. The topological polar surface area (TPSA) is 40.9 Å². The first-order valence-corrected chi connectivity index (χ1v) is 8.17. The summed E-state index contributed by atoms with van der Waals surface area (Å²) >= 11 is 0. The van der Waals surface area contributed by atoms with Gasteiger partial charge in [0.05, 0.1) is 21.3 Å². The molecule has 1 unspecified atom stereocenters. The van der Waals surface area contributed by atoms with Gasteiger partial charge in [-0.05, 0) is 40.9 Å². The molecule has 0 radical (unpaired) electrons. The Kier molecular flexibility index (Phi) is 3.35. The van der Waals surface area contributed by atoms with Crippen molar-refractivity contribution in [3.05, 3.63) is 28.8 Å². The van der Waals surface area contributed by atoms with Gasteiger partial charge in [-0.1, -0.05) is 33.8 Å². The summed E-state index contributed by atoms with van der Waals surface area (Å²) in [4.78, 5) is 0.711. The van der Waals surface area contributed by atoms with Gasteiger partial charge in [0.15, 0.2) is 0 Å². The molecule has 102 valence electrons. The number of nitriles is 1. The van der Waals surface area contributed by atoms with Crippen LogP contribution in [0.15, 0.2) is 17.0 Å². The van der Waals surface area contributed by atoms with Crippen LogP contribution in [0.1, 0.15) is 57.2 Å². The number of rotatable bonds is 2. The fourth-order valence-corrected chi connectivity index (χ4v) is 3.49. The van der Waals surface area contributed by atoms with Gasteiger partial charge in [0.1, 0.15) is 6.07 Å². The molecule has 1 saturated carbocycles. The molecule has 0 heterocycles. The predicted molar refractivity (Wildman–Crippen MR) is 78.8 cm³/mol. The van der Waals surface area contributed by atoms with Crippen molar-refractivity contribution >= 4 is 10.8 Å². The average Bonchev–Trinajstić information content (AvgIpc) is 3.05. The van der Waals surface area contributed by atoms with E-state index in [9.17, 15) is 9.47 Å². The fraction of sp³-hybridized carbons (Fsp3) is 0.562. The van der Waals surface area contributed by atoms with Gasteiger partial charge < -0.3 is 0 Å². The van der Waals surface area contributed by atoms with Gasteiger partial charge in [0.2, 0.25) is 0 Å². The molecule has 2 rings (SSSR count). The molecule has 1 atom stereocenters. The van der Waals surface area contributed by atoms with Gasteiger partial charge in [-0.25, -0.2) is 0 Å². The van der Waals surface area contributed by atoms with E-state index in [-0.39, 0.29) is 10.8 Å². The zero-order chi connectivity index (χ0) is 14.4. The lowest BCUT2D eigenvalue weighted by atomic mass is 9.82.